The van der Waals surface area contributed by atoms with E-state index < -0.39 is 0 Å². The number of carbonyl (C=O) groups excluding carboxylic acids is 1. The smallest absolute Gasteiger partial charge is 0.238 e. The molecule has 0 spiro atoms. The Hall–Kier alpha value is -1.39. The molecule has 2 N–H and O–H groups in total. The molecule has 2 aliphatic rings. The lowest BCUT2D eigenvalue weighted by molar-refractivity contribution is -0.115. The summed E-state index contributed by atoms with van der Waals surface area (Å²) >= 11 is 0. The zero-order valence-electron chi connectivity index (χ0n) is 13.9. The highest BCUT2D eigenvalue weighted by atomic mass is 16.5. The summed E-state index contributed by atoms with van der Waals surface area (Å²) in [5.74, 6) is 0.718. The Kier molecular flexibility index (Phi) is 6.06. The average Bonchev–Trinajstić information content (AvgIpc) is 3.10. The van der Waals surface area contributed by atoms with E-state index in [0.717, 1.165) is 31.7 Å². The predicted molar refractivity (Wildman–Crippen MR) is 92.7 cm³/mol. The van der Waals surface area contributed by atoms with Gasteiger partial charge in [-0.15, -0.1) is 0 Å². The summed E-state index contributed by atoms with van der Waals surface area (Å²) in [6, 6.07) is 8.40. The lowest BCUT2D eigenvalue weighted by atomic mass is 9.84. The summed E-state index contributed by atoms with van der Waals surface area (Å²) in [5, 5.41) is 6.13. The molecule has 4 heteroatoms. The normalized spacial score (nSPS) is 22.2. The third kappa shape index (κ3) is 5.05. The molecule has 1 amide bonds. The largest absolute Gasteiger partial charge is 0.377 e. The highest BCUT2D eigenvalue weighted by molar-refractivity contribution is 5.92. The van der Waals surface area contributed by atoms with Crippen LogP contribution in [0.25, 0.3) is 0 Å². The van der Waals surface area contributed by atoms with Crippen molar-refractivity contribution in [3.8, 4) is 0 Å². The van der Waals surface area contributed by atoms with E-state index in [1.54, 1.807) is 0 Å². The molecule has 3 rings (SSSR count). The number of nitrogens with one attached hydrogen (secondary N) is 2. The van der Waals surface area contributed by atoms with Crippen molar-refractivity contribution in [1.29, 1.82) is 0 Å². The summed E-state index contributed by atoms with van der Waals surface area (Å²) in [6.45, 7) is 1.95. The van der Waals surface area contributed by atoms with Crippen LogP contribution in [0.15, 0.2) is 24.3 Å². The van der Waals surface area contributed by atoms with Crippen LogP contribution in [-0.2, 0) is 9.53 Å². The Morgan fingerprint density at radius 3 is 2.52 bits per heavy atom. The van der Waals surface area contributed by atoms with Crippen LogP contribution in [0.5, 0.6) is 0 Å². The van der Waals surface area contributed by atoms with Gasteiger partial charge in [0.2, 0.25) is 5.91 Å². The number of ether oxygens (including phenoxy) is 1. The first kappa shape index (κ1) is 16.5. The van der Waals surface area contributed by atoms with Crippen LogP contribution >= 0.6 is 0 Å². The molecule has 4 nitrogen and oxygen atoms in total. The minimum absolute atomic E-state index is 0.00779. The zero-order valence-corrected chi connectivity index (χ0v) is 13.9. The van der Waals surface area contributed by atoms with Gasteiger partial charge in [0.15, 0.2) is 0 Å². The number of hydrogen-bond acceptors (Lipinski definition) is 3. The van der Waals surface area contributed by atoms with E-state index in [-0.39, 0.29) is 12.0 Å². The molecule has 0 radical (unpaired) electrons. The van der Waals surface area contributed by atoms with Crippen molar-refractivity contribution >= 4 is 11.6 Å². The first-order valence-corrected chi connectivity index (χ1v) is 9.03. The molecule has 1 saturated carbocycles. The van der Waals surface area contributed by atoms with E-state index in [1.807, 2.05) is 12.1 Å². The molecule has 0 bridgehead atoms. The molecular weight excluding hydrogens is 288 g/mol. The molecule has 0 aromatic heterocycles. The van der Waals surface area contributed by atoms with E-state index >= 15 is 0 Å². The highest BCUT2D eigenvalue weighted by Gasteiger charge is 2.16. The molecular formula is C19H28N2O2. The van der Waals surface area contributed by atoms with Gasteiger partial charge >= 0.3 is 0 Å². The summed E-state index contributed by atoms with van der Waals surface area (Å²) in [6.07, 6.45) is 9.18. The molecule has 1 aliphatic carbocycles. The van der Waals surface area contributed by atoms with Crippen LogP contribution in [0.1, 0.15) is 56.4 Å². The fraction of sp³-hybridized carbons (Fsp3) is 0.632. The van der Waals surface area contributed by atoms with E-state index in [2.05, 4.69) is 22.8 Å². The maximum atomic E-state index is 12.0. The van der Waals surface area contributed by atoms with E-state index in [0.29, 0.717) is 12.5 Å². The number of amides is 1. The van der Waals surface area contributed by atoms with E-state index in [1.165, 1.54) is 37.7 Å². The van der Waals surface area contributed by atoms with Gasteiger partial charge in [-0.05, 0) is 49.3 Å². The quantitative estimate of drug-likeness (QED) is 0.845. The van der Waals surface area contributed by atoms with Crippen LogP contribution < -0.4 is 10.6 Å². The number of benzene rings is 1. The third-order valence-corrected chi connectivity index (χ3v) is 4.95. The van der Waals surface area contributed by atoms with Crippen molar-refractivity contribution in [1.82, 2.24) is 5.32 Å². The van der Waals surface area contributed by atoms with Crippen molar-refractivity contribution in [2.24, 2.45) is 0 Å². The highest BCUT2D eigenvalue weighted by Crippen LogP contribution is 2.32. The van der Waals surface area contributed by atoms with E-state index in [4.69, 9.17) is 4.74 Å². The maximum absolute atomic E-state index is 12.0. The van der Waals surface area contributed by atoms with Gasteiger partial charge in [0.1, 0.15) is 0 Å². The Morgan fingerprint density at radius 1 is 1.04 bits per heavy atom. The number of carbonyl (C=O) groups is 1. The van der Waals surface area contributed by atoms with Crippen LogP contribution in [-0.4, -0.2) is 31.7 Å². The third-order valence-electron chi connectivity index (χ3n) is 4.95. The Bertz CT molecular complexity index is 489. The Labute approximate surface area is 139 Å². The minimum atomic E-state index is 0.00779. The molecule has 1 atom stereocenters. The van der Waals surface area contributed by atoms with Crippen LogP contribution in [0, 0.1) is 0 Å². The van der Waals surface area contributed by atoms with Crippen molar-refractivity contribution < 1.29 is 9.53 Å². The van der Waals surface area contributed by atoms with Crippen molar-refractivity contribution in [3.05, 3.63) is 29.8 Å². The standard InChI is InChI=1S/C19H28N2O2/c22-19(14-20-13-18-7-4-12-23-18)21-17-10-8-16(9-11-17)15-5-2-1-3-6-15/h8-11,15,18,20H,1-7,12-14H2,(H,21,22). The van der Waals surface area contributed by atoms with Gasteiger partial charge in [-0.25, -0.2) is 0 Å². The van der Waals surface area contributed by atoms with Gasteiger partial charge in [0.05, 0.1) is 12.6 Å². The van der Waals surface area contributed by atoms with Crippen LogP contribution in [0.3, 0.4) is 0 Å². The van der Waals surface area contributed by atoms with Crippen molar-refractivity contribution in [2.75, 3.05) is 25.0 Å². The number of rotatable bonds is 6. The molecule has 1 aromatic rings. The van der Waals surface area contributed by atoms with Gasteiger partial charge in [0, 0.05) is 18.8 Å². The van der Waals surface area contributed by atoms with Crippen molar-refractivity contribution in [3.63, 3.8) is 0 Å². The second-order valence-corrected chi connectivity index (χ2v) is 6.77. The molecule has 23 heavy (non-hydrogen) atoms. The molecule has 1 saturated heterocycles. The fourth-order valence-electron chi connectivity index (χ4n) is 3.63. The van der Waals surface area contributed by atoms with Gasteiger partial charge in [-0.1, -0.05) is 31.4 Å². The predicted octanol–water partition coefficient (Wildman–Crippen LogP) is 3.44. The minimum Gasteiger partial charge on any atom is -0.377 e. The first-order chi connectivity index (χ1) is 11.3. The Balaban J connectivity index is 1.41. The average molecular weight is 316 g/mol. The van der Waals surface area contributed by atoms with Crippen molar-refractivity contribution in [2.45, 2.75) is 57.0 Å². The lowest BCUT2D eigenvalue weighted by Gasteiger charge is -2.22. The molecule has 1 heterocycles. The lowest BCUT2D eigenvalue weighted by Crippen LogP contribution is -2.33. The summed E-state index contributed by atoms with van der Waals surface area (Å²) in [7, 11) is 0. The van der Waals surface area contributed by atoms with Gasteiger partial charge in [-0.2, -0.15) is 0 Å². The number of anilines is 1. The van der Waals surface area contributed by atoms with Crippen LogP contribution in [0.2, 0.25) is 0 Å². The molecule has 2 fully saturated rings. The SMILES string of the molecule is O=C(CNCC1CCCO1)Nc1ccc(C2CCCCC2)cc1. The first-order valence-electron chi connectivity index (χ1n) is 9.03. The van der Waals surface area contributed by atoms with E-state index in [9.17, 15) is 4.79 Å². The van der Waals surface area contributed by atoms with Gasteiger partial charge in [0.25, 0.3) is 0 Å². The Morgan fingerprint density at radius 2 is 1.83 bits per heavy atom. The van der Waals surface area contributed by atoms with Gasteiger partial charge < -0.3 is 15.4 Å². The summed E-state index contributed by atoms with van der Waals surface area (Å²) in [4.78, 5) is 12.0. The number of hydrogen-bond donors (Lipinski definition) is 2. The topological polar surface area (TPSA) is 50.4 Å². The van der Waals surface area contributed by atoms with Gasteiger partial charge in [-0.3, -0.25) is 4.79 Å². The second-order valence-electron chi connectivity index (χ2n) is 6.77. The molecule has 126 valence electrons. The summed E-state index contributed by atoms with van der Waals surface area (Å²) < 4.78 is 5.53. The molecule has 1 aliphatic heterocycles. The molecule has 1 aromatic carbocycles. The monoisotopic (exact) mass is 316 g/mol. The van der Waals surface area contributed by atoms with Crippen LogP contribution in [0.4, 0.5) is 5.69 Å². The summed E-state index contributed by atoms with van der Waals surface area (Å²) in [5.41, 5.74) is 2.30. The maximum Gasteiger partial charge on any atom is 0.238 e. The molecule has 1 unspecified atom stereocenters. The fourth-order valence-corrected chi connectivity index (χ4v) is 3.63. The second kappa shape index (κ2) is 8.46. The zero-order chi connectivity index (χ0) is 15.9.